The highest BCUT2D eigenvalue weighted by Crippen LogP contribution is 2.26. The quantitative estimate of drug-likeness (QED) is 0.386. The van der Waals surface area contributed by atoms with Gasteiger partial charge < -0.3 is 19.7 Å². The molecule has 5 nitrogen and oxygen atoms in total. The van der Waals surface area contributed by atoms with E-state index in [0.717, 1.165) is 42.4 Å². The molecule has 0 bridgehead atoms. The van der Waals surface area contributed by atoms with Crippen LogP contribution in [0.5, 0.6) is 11.5 Å². The fraction of sp³-hybridized carbons (Fsp3) is 0.296. The van der Waals surface area contributed by atoms with Crippen molar-refractivity contribution in [3.8, 4) is 11.5 Å². The second-order valence-corrected chi connectivity index (χ2v) is 7.48. The summed E-state index contributed by atoms with van der Waals surface area (Å²) in [7, 11) is 1.63. The van der Waals surface area contributed by atoms with Crippen molar-refractivity contribution in [2.45, 2.75) is 19.9 Å². The minimum Gasteiger partial charge on any atom is -0.497 e. The van der Waals surface area contributed by atoms with Crippen LogP contribution in [0.2, 0.25) is 0 Å². The number of anilines is 1. The van der Waals surface area contributed by atoms with E-state index >= 15 is 0 Å². The Kier molecular flexibility index (Phi) is 8.70. The number of nitrogens with zero attached hydrogens (tertiary/aromatic N) is 1. The molecule has 0 aliphatic heterocycles. The van der Waals surface area contributed by atoms with Gasteiger partial charge in [0.25, 0.3) is 0 Å². The second kappa shape index (κ2) is 11.9. The summed E-state index contributed by atoms with van der Waals surface area (Å²) in [4.78, 5) is 15.7. The number of hydrogen-bond donors (Lipinski definition) is 1. The predicted molar refractivity (Wildman–Crippen MR) is 130 cm³/mol. The monoisotopic (exact) mass is 432 g/mol. The first-order valence-electron chi connectivity index (χ1n) is 11.1. The van der Waals surface area contributed by atoms with E-state index in [4.69, 9.17) is 9.47 Å². The zero-order valence-electron chi connectivity index (χ0n) is 19.1. The zero-order valence-corrected chi connectivity index (χ0v) is 19.1. The highest BCUT2D eigenvalue weighted by Gasteiger charge is 2.22. The van der Waals surface area contributed by atoms with Crippen molar-refractivity contribution < 1.29 is 14.3 Å². The van der Waals surface area contributed by atoms with Gasteiger partial charge in [-0.25, -0.2) is 0 Å². The molecule has 5 heteroatoms. The lowest BCUT2D eigenvalue weighted by atomic mass is 9.97. The molecule has 32 heavy (non-hydrogen) atoms. The Hall–Kier alpha value is -3.31. The van der Waals surface area contributed by atoms with Crippen LogP contribution < -0.4 is 14.8 Å². The molecule has 1 unspecified atom stereocenters. The number of benzene rings is 3. The van der Waals surface area contributed by atoms with E-state index in [1.807, 2.05) is 78.9 Å². The maximum atomic E-state index is 13.4. The number of methoxy groups -OCH3 is 1. The third-order valence-electron chi connectivity index (χ3n) is 5.51. The number of nitrogens with one attached hydrogen (secondary N) is 1. The SMILES string of the molecule is CCN(CC)CCOc1ccc(C(=O)C(Nc2ccc(OC)cc2)c2ccccc2)cc1. The molecule has 3 rings (SSSR count). The summed E-state index contributed by atoms with van der Waals surface area (Å²) in [5.74, 6) is 1.55. The van der Waals surface area contributed by atoms with Crippen molar-refractivity contribution in [2.24, 2.45) is 0 Å². The highest BCUT2D eigenvalue weighted by atomic mass is 16.5. The molecule has 0 aliphatic rings. The summed E-state index contributed by atoms with van der Waals surface area (Å²) in [6.45, 7) is 7.82. The molecular weight excluding hydrogens is 400 g/mol. The average Bonchev–Trinajstić information content (AvgIpc) is 2.86. The van der Waals surface area contributed by atoms with E-state index in [0.29, 0.717) is 12.2 Å². The third-order valence-corrected chi connectivity index (χ3v) is 5.51. The lowest BCUT2D eigenvalue weighted by molar-refractivity contribution is 0.0969. The Morgan fingerprint density at radius 3 is 2.09 bits per heavy atom. The van der Waals surface area contributed by atoms with E-state index in [9.17, 15) is 4.79 Å². The molecule has 0 saturated heterocycles. The Morgan fingerprint density at radius 2 is 1.50 bits per heavy atom. The summed E-state index contributed by atoms with van der Waals surface area (Å²) in [6.07, 6.45) is 0. The number of likely N-dealkylation sites (N-methyl/N-ethyl adjacent to an activating group) is 1. The molecule has 168 valence electrons. The van der Waals surface area contributed by atoms with E-state index < -0.39 is 6.04 Å². The number of ether oxygens (including phenoxy) is 2. The number of carbonyl (C=O) groups is 1. The molecule has 3 aromatic carbocycles. The van der Waals surface area contributed by atoms with Crippen LogP contribution in [0.4, 0.5) is 5.69 Å². The number of Topliss-reactive ketones (excluding diaryl/α,β-unsaturated/α-hetero) is 1. The molecule has 1 atom stereocenters. The van der Waals surface area contributed by atoms with Crippen molar-refractivity contribution >= 4 is 11.5 Å². The van der Waals surface area contributed by atoms with Crippen molar-refractivity contribution in [3.63, 3.8) is 0 Å². The van der Waals surface area contributed by atoms with Crippen LogP contribution in [0.3, 0.4) is 0 Å². The molecule has 0 aromatic heterocycles. The van der Waals surface area contributed by atoms with Gasteiger partial charge in [-0.3, -0.25) is 4.79 Å². The molecule has 0 radical (unpaired) electrons. The van der Waals surface area contributed by atoms with Crippen LogP contribution in [0, 0.1) is 0 Å². The molecule has 0 saturated carbocycles. The molecule has 0 heterocycles. The molecule has 1 N–H and O–H groups in total. The topological polar surface area (TPSA) is 50.8 Å². The van der Waals surface area contributed by atoms with Crippen molar-refractivity contribution in [1.29, 1.82) is 0 Å². The normalized spacial score (nSPS) is 11.8. The Labute approximate surface area is 191 Å². The van der Waals surface area contributed by atoms with Crippen LogP contribution in [-0.4, -0.2) is 44.0 Å². The van der Waals surface area contributed by atoms with Crippen molar-refractivity contribution in [2.75, 3.05) is 38.7 Å². The van der Waals surface area contributed by atoms with E-state index in [2.05, 4.69) is 24.1 Å². The predicted octanol–water partition coefficient (Wildman–Crippen LogP) is 5.45. The fourth-order valence-electron chi connectivity index (χ4n) is 3.51. The Bertz CT molecular complexity index is 952. The number of ketones is 1. The summed E-state index contributed by atoms with van der Waals surface area (Å²) in [5, 5.41) is 3.38. The Morgan fingerprint density at radius 1 is 0.875 bits per heavy atom. The van der Waals surface area contributed by atoms with Crippen molar-refractivity contribution in [1.82, 2.24) is 4.90 Å². The van der Waals surface area contributed by atoms with Crippen LogP contribution in [0.15, 0.2) is 78.9 Å². The first-order valence-corrected chi connectivity index (χ1v) is 11.1. The minimum absolute atomic E-state index is 0.00158. The summed E-state index contributed by atoms with van der Waals surface area (Å²) in [6, 6.07) is 24.2. The van der Waals surface area contributed by atoms with Crippen LogP contribution >= 0.6 is 0 Å². The maximum Gasteiger partial charge on any atom is 0.189 e. The van der Waals surface area contributed by atoms with Gasteiger partial charge in [-0.15, -0.1) is 0 Å². The van der Waals surface area contributed by atoms with E-state index in [1.165, 1.54) is 0 Å². The lowest BCUT2D eigenvalue weighted by Gasteiger charge is -2.20. The molecule has 0 fully saturated rings. The molecular formula is C27H32N2O3. The third kappa shape index (κ3) is 6.34. The second-order valence-electron chi connectivity index (χ2n) is 7.48. The minimum atomic E-state index is -0.501. The van der Waals surface area contributed by atoms with Crippen LogP contribution in [0.25, 0.3) is 0 Å². The maximum absolute atomic E-state index is 13.4. The van der Waals surface area contributed by atoms with Gasteiger partial charge in [0.15, 0.2) is 5.78 Å². The number of hydrogen-bond acceptors (Lipinski definition) is 5. The highest BCUT2D eigenvalue weighted by molar-refractivity contribution is 6.02. The van der Waals surface area contributed by atoms with Crippen LogP contribution in [0.1, 0.15) is 35.8 Å². The standard InChI is InChI=1S/C27H32N2O3/c1-4-29(5-2)19-20-32-25-15-11-22(12-16-25)27(30)26(21-9-7-6-8-10-21)28-23-13-17-24(31-3)18-14-23/h6-18,26,28H,4-5,19-20H2,1-3H3. The van der Waals surface area contributed by atoms with Gasteiger partial charge in [0.2, 0.25) is 0 Å². The van der Waals surface area contributed by atoms with E-state index in [1.54, 1.807) is 7.11 Å². The molecule has 0 amide bonds. The molecule has 3 aromatic rings. The molecule has 0 spiro atoms. The first kappa shape index (κ1) is 23.4. The van der Waals surface area contributed by atoms with Crippen LogP contribution in [-0.2, 0) is 0 Å². The van der Waals surface area contributed by atoms with Gasteiger partial charge in [0.05, 0.1) is 7.11 Å². The molecule has 0 aliphatic carbocycles. The smallest absolute Gasteiger partial charge is 0.189 e. The van der Waals surface area contributed by atoms with Gasteiger partial charge >= 0.3 is 0 Å². The van der Waals surface area contributed by atoms with Gasteiger partial charge in [-0.1, -0.05) is 44.2 Å². The fourth-order valence-corrected chi connectivity index (χ4v) is 3.51. The summed E-state index contributed by atoms with van der Waals surface area (Å²) < 4.78 is 11.1. The van der Waals surface area contributed by atoms with Gasteiger partial charge in [-0.05, 0) is 67.2 Å². The summed E-state index contributed by atoms with van der Waals surface area (Å²) in [5.41, 5.74) is 2.40. The van der Waals surface area contributed by atoms with Crippen molar-refractivity contribution in [3.05, 3.63) is 90.0 Å². The van der Waals surface area contributed by atoms with Gasteiger partial charge in [-0.2, -0.15) is 0 Å². The first-order chi connectivity index (χ1) is 15.6. The number of rotatable bonds is 12. The van der Waals surface area contributed by atoms with Gasteiger partial charge in [0.1, 0.15) is 24.1 Å². The average molecular weight is 433 g/mol. The summed E-state index contributed by atoms with van der Waals surface area (Å²) >= 11 is 0. The Balaban J connectivity index is 1.72. The van der Waals surface area contributed by atoms with E-state index in [-0.39, 0.29) is 5.78 Å². The zero-order chi connectivity index (χ0) is 22.8. The lowest BCUT2D eigenvalue weighted by Crippen LogP contribution is -2.27. The van der Waals surface area contributed by atoms with Gasteiger partial charge in [0, 0.05) is 17.8 Å². The number of carbonyl (C=O) groups excluding carboxylic acids is 1. The largest absolute Gasteiger partial charge is 0.497 e.